The molecule has 2 aromatic heterocycles. The summed E-state index contributed by atoms with van der Waals surface area (Å²) in [6, 6.07) is 7.69. The summed E-state index contributed by atoms with van der Waals surface area (Å²) in [6.45, 7) is 3.14. The number of hydrogen-bond acceptors (Lipinski definition) is 5. The molecule has 3 heterocycles. The summed E-state index contributed by atoms with van der Waals surface area (Å²) in [5, 5.41) is 10.2. The second-order valence-electron chi connectivity index (χ2n) is 6.18. The lowest BCUT2D eigenvalue weighted by atomic mass is 10.1. The molecule has 1 fully saturated rings. The van der Waals surface area contributed by atoms with Crippen molar-refractivity contribution in [2.24, 2.45) is 0 Å². The first-order valence-electron chi connectivity index (χ1n) is 8.48. The summed E-state index contributed by atoms with van der Waals surface area (Å²) in [5.41, 5.74) is 4.27. The van der Waals surface area contributed by atoms with Gasteiger partial charge in [0.1, 0.15) is 11.4 Å². The van der Waals surface area contributed by atoms with Crippen LogP contribution < -0.4 is 9.64 Å². The van der Waals surface area contributed by atoms with Gasteiger partial charge in [0.15, 0.2) is 0 Å². The van der Waals surface area contributed by atoms with Crippen LogP contribution in [0.4, 0.5) is 5.69 Å². The van der Waals surface area contributed by atoms with Gasteiger partial charge in [-0.05, 0) is 23.8 Å². The van der Waals surface area contributed by atoms with E-state index in [9.17, 15) is 5.11 Å². The molecule has 3 aromatic rings. The van der Waals surface area contributed by atoms with E-state index in [1.165, 1.54) is 0 Å². The Kier molecular flexibility index (Phi) is 4.72. The number of nitrogens with zero attached hydrogens (tertiary/aromatic N) is 3. The van der Waals surface area contributed by atoms with Crippen molar-refractivity contribution in [1.82, 2.24) is 9.38 Å². The normalized spacial score (nSPS) is 14.8. The third-order valence-corrected chi connectivity index (χ3v) is 4.94. The maximum atomic E-state index is 9.73. The molecule has 6 nitrogen and oxygen atoms in total. The first kappa shape index (κ1) is 17.1. The average molecular weight is 374 g/mol. The highest BCUT2D eigenvalue weighted by Crippen LogP contribution is 2.34. The summed E-state index contributed by atoms with van der Waals surface area (Å²) >= 11 is 6.27. The van der Waals surface area contributed by atoms with E-state index in [0.29, 0.717) is 10.8 Å². The largest absolute Gasteiger partial charge is 0.495 e. The van der Waals surface area contributed by atoms with Crippen LogP contribution in [0.15, 0.2) is 36.7 Å². The molecule has 26 heavy (non-hydrogen) atoms. The molecule has 0 spiro atoms. The number of pyridine rings is 1. The van der Waals surface area contributed by atoms with Gasteiger partial charge < -0.3 is 23.9 Å². The van der Waals surface area contributed by atoms with E-state index in [1.54, 1.807) is 19.2 Å². The number of ether oxygens (including phenoxy) is 2. The van der Waals surface area contributed by atoms with Crippen LogP contribution in [0, 0.1) is 0 Å². The topological polar surface area (TPSA) is 59.2 Å². The maximum absolute atomic E-state index is 9.73. The van der Waals surface area contributed by atoms with Crippen molar-refractivity contribution < 1.29 is 14.6 Å². The fourth-order valence-electron chi connectivity index (χ4n) is 3.24. The Bertz CT molecular complexity index is 935. The highest BCUT2D eigenvalue weighted by molar-refractivity contribution is 6.32. The lowest BCUT2D eigenvalue weighted by Crippen LogP contribution is -2.36. The highest BCUT2D eigenvalue weighted by atomic mass is 35.5. The molecular weight excluding hydrogens is 354 g/mol. The van der Waals surface area contributed by atoms with Gasteiger partial charge >= 0.3 is 0 Å². The number of hydrogen-bond donors (Lipinski definition) is 1. The third kappa shape index (κ3) is 3.11. The molecule has 1 N–H and O–H groups in total. The lowest BCUT2D eigenvalue weighted by Gasteiger charge is -2.28. The molecule has 0 radical (unpaired) electrons. The molecule has 0 bridgehead atoms. The van der Waals surface area contributed by atoms with Crippen LogP contribution in [0.1, 0.15) is 5.56 Å². The Morgan fingerprint density at radius 3 is 2.81 bits per heavy atom. The number of fused-ring (bicyclic) bond motifs is 1. The zero-order chi connectivity index (χ0) is 18.1. The van der Waals surface area contributed by atoms with Crippen LogP contribution in [0.2, 0.25) is 5.02 Å². The second kappa shape index (κ2) is 7.15. The van der Waals surface area contributed by atoms with Gasteiger partial charge in [-0.1, -0.05) is 11.6 Å². The Balaban J connectivity index is 1.74. The quantitative estimate of drug-likeness (QED) is 0.761. The van der Waals surface area contributed by atoms with Crippen molar-refractivity contribution in [3.63, 3.8) is 0 Å². The van der Waals surface area contributed by atoms with Gasteiger partial charge in [-0.15, -0.1) is 0 Å². The molecule has 1 aliphatic heterocycles. The molecular formula is C19H20ClN3O3. The van der Waals surface area contributed by atoms with E-state index in [2.05, 4.69) is 17.0 Å². The van der Waals surface area contributed by atoms with Gasteiger partial charge in [0.2, 0.25) is 0 Å². The van der Waals surface area contributed by atoms with Crippen molar-refractivity contribution in [3.8, 4) is 17.0 Å². The minimum Gasteiger partial charge on any atom is -0.495 e. The Hall–Kier alpha value is -2.28. The van der Waals surface area contributed by atoms with Gasteiger partial charge in [-0.3, -0.25) is 0 Å². The number of benzene rings is 1. The van der Waals surface area contributed by atoms with Crippen molar-refractivity contribution in [3.05, 3.63) is 47.2 Å². The van der Waals surface area contributed by atoms with E-state index in [4.69, 9.17) is 26.1 Å². The van der Waals surface area contributed by atoms with E-state index < -0.39 is 0 Å². The molecule has 0 saturated carbocycles. The monoisotopic (exact) mass is 373 g/mol. The minimum atomic E-state index is -0.115. The number of aliphatic hydroxyl groups excluding tert-OH is 1. The molecule has 7 heteroatoms. The lowest BCUT2D eigenvalue weighted by molar-refractivity contribution is 0.122. The second-order valence-corrected chi connectivity index (χ2v) is 6.59. The molecule has 0 aliphatic carbocycles. The van der Waals surface area contributed by atoms with E-state index in [-0.39, 0.29) is 6.61 Å². The van der Waals surface area contributed by atoms with E-state index >= 15 is 0 Å². The van der Waals surface area contributed by atoms with Crippen LogP contribution in [0.25, 0.3) is 16.9 Å². The fraction of sp³-hybridized carbons (Fsp3) is 0.316. The SMILES string of the molecule is COc1cc(CO)c(-c2cn3ccc(N4CCOCC4)cc3n2)cc1Cl. The summed E-state index contributed by atoms with van der Waals surface area (Å²) in [7, 11) is 1.56. The third-order valence-electron chi connectivity index (χ3n) is 4.64. The fourth-order valence-corrected chi connectivity index (χ4v) is 3.48. The van der Waals surface area contributed by atoms with Crippen LogP contribution >= 0.6 is 11.6 Å². The first-order valence-corrected chi connectivity index (χ1v) is 8.86. The maximum Gasteiger partial charge on any atom is 0.139 e. The molecule has 1 saturated heterocycles. The number of anilines is 1. The van der Waals surface area contributed by atoms with Crippen molar-refractivity contribution in [2.45, 2.75) is 6.61 Å². The predicted octanol–water partition coefficient (Wildman–Crippen LogP) is 2.99. The van der Waals surface area contributed by atoms with Gasteiger partial charge in [0, 0.05) is 42.8 Å². The van der Waals surface area contributed by atoms with Crippen LogP contribution in [-0.2, 0) is 11.3 Å². The number of aliphatic hydroxyl groups is 1. The number of halogens is 1. The van der Waals surface area contributed by atoms with Gasteiger partial charge in [0.05, 0.1) is 37.6 Å². The molecule has 136 valence electrons. The smallest absolute Gasteiger partial charge is 0.139 e. The van der Waals surface area contributed by atoms with Crippen molar-refractivity contribution >= 4 is 22.9 Å². The Labute approximate surface area is 156 Å². The van der Waals surface area contributed by atoms with E-state index in [0.717, 1.165) is 54.5 Å². The summed E-state index contributed by atoms with van der Waals surface area (Å²) in [4.78, 5) is 7.03. The highest BCUT2D eigenvalue weighted by Gasteiger charge is 2.15. The molecule has 0 atom stereocenters. The van der Waals surface area contributed by atoms with Crippen molar-refractivity contribution in [1.29, 1.82) is 0 Å². The van der Waals surface area contributed by atoms with Gasteiger partial charge in [0.25, 0.3) is 0 Å². The predicted molar refractivity (Wildman–Crippen MR) is 101 cm³/mol. The zero-order valence-electron chi connectivity index (χ0n) is 14.5. The van der Waals surface area contributed by atoms with Crippen LogP contribution in [0.3, 0.4) is 0 Å². The van der Waals surface area contributed by atoms with Crippen LogP contribution in [0.5, 0.6) is 5.75 Å². The number of morpholine rings is 1. The Morgan fingerprint density at radius 2 is 2.08 bits per heavy atom. The number of imidazole rings is 1. The zero-order valence-corrected chi connectivity index (χ0v) is 15.2. The number of rotatable bonds is 4. The summed E-state index contributed by atoms with van der Waals surface area (Å²) in [5.74, 6) is 0.540. The van der Waals surface area contributed by atoms with Crippen LogP contribution in [-0.4, -0.2) is 47.9 Å². The number of aromatic nitrogens is 2. The first-order chi connectivity index (χ1) is 12.7. The molecule has 0 amide bonds. The Morgan fingerprint density at radius 1 is 1.27 bits per heavy atom. The number of methoxy groups -OCH3 is 1. The van der Waals surface area contributed by atoms with Gasteiger partial charge in [-0.2, -0.15) is 0 Å². The van der Waals surface area contributed by atoms with E-state index in [1.807, 2.05) is 16.8 Å². The summed E-state index contributed by atoms with van der Waals surface area (Å²) in [6.07, 6.45) is 3.94. The molecule has 0 unspecified atom stereocenters. The van der Waals surface area contributed by atoms with Gasteiger partial charge in [-0.25, -0.2) is 4.98 Å². The molecule has 1 aromatic carbocycles. The molecule has 1 aliphatic rings. The van der Waals surface area contributed by atoms with Crippen molar-refractivity contribution in [2.75, 3.05) is 38.3 Å². The standard InChI is InChI=1S/C19H20ClN3O3/c1-25-18-8-13(12-24)15(10-16(18)20)17-11-23-3-2-14(9-19(23)21-17)22-4-6-26-7-5-22/h2-3,8-11,24H,4-7,12H2,1H3. The minimum absolute atomic E-state index is 0.115. The molecule has 4 rings (SSSR count). The summed E-state index contributed by atoms with van der Waals surface area (Å²) < 4.78 is 12.6. The average Bonchev–Trinajstić information content (AvgIpc) is 3.11.